The minimum absolute atomic E-state index is 0.432. The lowest BCUT2D eigenvalue weighted by Crippen LogP contribution is -2.13. The number of para-hydroxylation sites is 1. The maximum Gasteiger partial charge on any atom is 0.239 e. The summed E-state index contributed by atoms with van der Waals surface area (Å²) in [7, 11) is 0. The molecule has 5 nitrogen and oxygen atoms in total. The molecule has 96 valence electrons. The van der Waals surface area contributed by atoms with E-state index in [1.54, 1.807) is 0 Å². The van der Waals surface area contributed by atoms with Gasteiger partial charge in [0.05, 0.1) is 5.52 Å². The normalized spacial score (nSPS) is 10.6. The van der Waals surface area contributed by atoms with Crippen LogP contribution in [0.1, 0.15) is 6.42 Å². The molecule has 0 saturated heterocycles. The van der Waals surface area contributed by atoms with Crippen LogP contribution in [0, 0.1) is 0 Å². The molecule has 0 bridgehead atoms. The highest BCUT2D eigenvalue weighted by Crippen LogP contribution is 2.21. The van der Waals surface area contributed by atoms with Crippen LogP contribution in [0.15, 0.2) is 24.3 Å². The zero-order valence-electron chi connectivity index (χ0n) is 10.3. The summed E-state index contributed by atoms with van der Waals surface area (Å²) in [5.41, 5.74) is 3.38. The summed E-state index contributed by atoms with van der Waals surface area (Å²) in [5, 5.41) is 4.35. The number of nitrogens with one attached hydrogen (secondary N) is 2. The molecule has 0 saturated carbocycles. The fourth-order valence-corrected chi connectivity index (χ4v) is 2.13. The summed E-state index contributed by atoms with van der Waals surface area (Å²) >= 11 is 1.84. The number of hydrazine groups is 1. The number of aromatic nitrogens is 2. The lowest BCUT2D eigenvalue weighted by Gasteiger charge is -2.10. The molecule has 0 radical (unpaired) electrons. The van der Waals surface area contributed by atoms with Crippen LogP contribution in [-0.4, -0.2) is 28.5 Å². The maximum absolute atomic E-state index is 5.38. The van der Waals surface area contributed by atoms with Gasteiger partial charge in [0, 0.05) is 11.9 Å². The van der Waals surface area contributed by atoms with Gasteiger partial charge in [0.15, 0.2) is 0 Å². The third-order valence-corrected chi connectivity index (χ3v) is 3.25. The van der Waals surface area contributed by atoms with Crippen LogP contribution >= 0.6 is 11.8 Å². The number of nitrogen functional groups attached to an aromatic ring is 1. The third kappa shape index (κ3) is 3.02. The molecule has 6 heteroatoms. The van der Waals surface area contributed by atoms with Gasteiger partial charge in [0.2, 0.25) is 5.95 Å². The number of hydrogen-bond acceptors (Lipinski definition) is 6. The Morgan fingerprint density at radius 1 is 1.28 bits per heavy atom. The van der Waals surface area contributed by atoms with Crippen molar-refractivity contribution in [2.75, 3.05) is 29.3 Å². The van der Waals surface area contributed by atoms with E-state index in [-0.39, 0.29) is 0 Å². The van der Waals surface area contributed by atoms with E-state index in [0.717, 1.165) is 35.4 Å². The fraction of sp³-hybridized carbons (Fsp3) is 0.333. The Morgan fingerprint density at radius 2 is 2.11 bits per heavy atom. The molecule has 4 N–H and O–H groups in total. The number of rotatable bonds is 6. The smallest absolute Gasteiger partial charge is 0.239 e. The molecule has 0 aliphatic carbocycles. The van der Waals surface area contributed by atoms with E-state index < -0.39 is 0 Å². The van der Waals surface area contributed by atoms with Gasteiger partial charge in [-0.2, -0.15) is 16.7 Å². The van der Waals surface area contributed by atoms with E-state index in [1.807, 2.05) is 36.0 Å². The number of fused-ring (bicyclic) bond motifs is 1. The van der Waals surface area contributed by atoms with Crippen molar-refractivity contribution >= 4 is 34.4 Å². The van der Waals surface area contributed by atoms with Crippen molar-refractivity contribution in [2.24, 2.45) is 5.84 Å². The third-order valence-electron chi connectivity index (χ3n) is 2.55. The Labute approximate surface area is 111 Å². The van der Waals surface area contributed by atoms with E-state index in [1.165, 1.54) is 0 Å². The molecule has 0 aliphatic rings. The van der Waals surface area contributed by atoms with Crippen molar-refractivity contribution in [3.8, 4) is 0 Å². The second kappa shape index (κ2) is 6.42. The largest absolute Gasteiger partial charge is 0.369 e. The Balaban J connectivity index is 2.23. The van der Waals surface area contributed by atoms with E-state index in [0.29, 0.717) is 5.95 Å². The number of hydrogen-bond donors (Lipinski definition) is 3. The van der Waals surface area contributed by atoms with Crippen LogP contribution in [-0.2, 0) is 0 Å². The van der Waals surface area contributed by atoms with Gasteiger partial charge in [-0.3, -0.25) is 5.43 Å². The fourth-order valence-electron chi connectivity index (χ4n) is 1.70. The van der Waals surface area contributed by atoms with E-state index in [2.05, 4.69) is 27.0 Å². The topological polar surface area (TPSA) is 75.9 Å². The first-order valence-electron chi connectivity index (χ1n) is 5.81. The minimum Gasteiger partial charge on any atom is -0.369 e. The maximum atomic E-state index is 5.38. The molecule has 18 heavy (non-hydrogen) atoms. The van der Waals surface area contributed by atoms with Crippen molar-refractivity contribution in [3.63, 3.8) is 0 Å². The molecule has 0 spiro atoms. The highest BCUT2D eigenvalue weighted by Gasteiger charge is 2.05. The zero-order valence-corrected chi connectivity index (χ0v) is 11.1. The molecular formula is C12H17N5S. The quantitative estimate of drug-likeness (QED) is 0.421. The number of anilines is 2. The van der Waals surface area contributed by atoms with Gasteiger partial charge in [-0.05, 0) is 30.6 Å². The number of nitrogens with zero attached hydrogens (tertiary/aromatic N) is 2. The summed E-state index contributed by atoms with van der Waals surface area (Å²) in [4.78, 5) is 8.66. The van der Waals surface area contributed by atoms with E-state index >= 15 is 0 Å². The van der Waals surface area contributed by atoms with Gasteiger partial charge < -0.3 is 5.32 Å². The van der Waals surface area contributed by atoms with Crippen LogP contribution in [0.2, 0.25) is 0 Å². The molecule has 0 atom stereocenters. The molecular weight excluding hydrogens is 246 g/mol. The van der Waals surface area contributed by atoms with Crippen LogP contribution in [0.4, 0.5) is 11.8 Å². The molecule has 2 rings (SSSR count). The Hall–Kier alpha value is -1.53. The highest BCUT2D eigenvalue weighted by atomic mass is 32.2. The standard InChI is InChI=1S/C12H17N5S/c1-18-8-4-7-14-11-9-5-2-3-6-10(9)15-12(16-11)17-13/h2-3,5-6H,4,7-8,13H2,1H3,(H2,14,15,16,17). The van der Waals surface area contributed by atoms with Crippen molar-refractivity contribution in [1.29, 1.82) is 0 Å². The molecule has 0 fully saturated rings. The van der Waals surface area contributed by atoms with Gasteiger partial charge in [-0.25, -0.2) is 10.8 Å². The summed E-state index contributed by atoms with van der Waals surface area (Å²) in [6.45, 7) is 0.895. The SMILES string of the molecule is CSCCCNc1nc(NN)nc2ccccc12. The Kier molecular flexibility index (Phi) is 4.60. The predicted molar refractivity (Wildman–Crippen MR) is 78.8 cm³/mol. The molecule has 0 aliphatic heterocycles. The van der Waals surface area contributed by atoms with Gasteiger partial charge in [0.25, 0.3) is 0 Å². The first-order valence-corrected chi connectivity index (χ1v) is 7.20. The first-order chi connectivity index (χ1) is 8.85. The Bertz CT molecular complexity index is 517. The van der Waals surface area contributed by atoms with E-state index in [9.17, 15) is 0 Å². The summed E-state index contributed by atoms with van der Waals surface area (Å²) in [6, 6.07) is 7.89. The number of nitrogens with two attached hydrogens (primary N) is 1. The van der Waals surface area contributed by atoms with Crippen molar-refractivity contribution in [1.82, 2.24) is 9.97 Å². The molecule has 0 unspecified atom stereocenters. The molecule has 2 aromatic rings. The van der Waals surface area contributed by atoms with Crippen molar-refractivity contribution in [3.05, 3.63) is 24.3 Å². The first kappa shape index (κ1) is 12.9. The summed E-state index contributed by atoms with van der Waals surface area (Å²) in [6.07, 6.45) is 3.21. The van der Waals surface area contributed by atoms with Crippen LogP contribution in [0.25, 0.3) is 10.9 Å². The molecule has 1 heterocycles. The number of benzene rings is 1. The van der Waals surface area contributed by atoms with Gasteiger partial charge in [-0.1, -0.05) is 12.1 Å². The summed E-state index contributed by atoms with van der Waals surface area (Å²) in [5.74, 6) is 7.78. The van der Waals surface area contributed by atoms with Gasteiger partial charge in [-0.15, -0.1) is 0 Å². The van der Waals surface area contributed by atoms with Crippen LogP contribution < -0.4 is 16.6 Å². The second-order valence-electron chi connectivity index (χ2n) is 3.83. The van der Waals surface area contributed by atoms with Gasteiger partial charge >= 0.3 is 0 Å². The molecule has 0 amide bonds. The molecule has 1 aromatic carbocycles. The average Bonchev–Trinajstić information content (AvgIpc) is 2.43. The highest BCUT2D eigenvalue weighted by molar-refractivity contribution is 7.98. The van der Waals surface area contributed by atoms with Crippen molar-refractivity contribution in [2.45, 2.75) is 6.42 Å². The van der Waals surface area contributed by atoms with Crippen LogP contribution in [0.3, 0.4) is 0 Å². The minimum atomic E-state index is 0.432. The second-order valence-corrected chi connectivity index (χ2v) is 4.82. The van der Waals surface area contributed by atoms with E-state index in [4.69, 9.17) is 5.84 Å². The monoisotopic (exact) mass is 263 g/mol. The lowest BCUT2D eigenvalue weighted by molar-refractivity contribution is 0.981. The van der Waals surface area contributed by atoms with Crippen molar-refractivity contribution < 1.29 is 0 Å². The molecule has 1 aromatic heterocycles. The number of thioether (sulfide) groups is 1. The predicted octanol–water partition coefficient (Wildman–Crippen LogP) is 2.08. The Morgan fingerprint density at radius 3 is 2.89 bits per heavy atom. The zero-order chi connectivity index (χ0) is 12.8. The summed E-state index contributed by atoms with van der Waals surface area (Å²) < 4.78 is 0. The van der Waals surface area contributed by atoms with Crippen LogP contribution in [0.5, 0.6) is 0 Å². The van der Waals surface area contributed by atoms with Gasteiger partial charge in [0.1, 0.15) is 5.82 Å². The lowest BCUT2D eigenvalue weighted by atomic mass is 10.2. The average molecular weight is 263 g/mol.